The van der Waals surface area contributed by atoms with Gasteiger partial charge in [-0.25, -0.2) is 4.79 Å². The average molecular weight is 428 g/mol. The molecule has 2 rings (SSSR count). The predicted octanol–water partition coefficient (Wildman–Crippen LogP) is 3.70. The maximum Gasteiger partial charge on any atom is 0.412 e. The second-order valence-electron chi connectivity index (χ2n) is 7.70. The lowest BCUT2D eigenvalue weighted by Crippen LogP contribution is -2.41. The molecule has 0 aromatic heterocycles. The number of ether oxygens (including phenoxy) is 1. The Bertz CT molecular complexity index is 982. The summed E-state index contributed by atoms with van der Waals surface area (Å²) in [6.07, 6.45) is -0.652. The minimum atomic E-state index is -0.884. The molecule has 0 bridgehead atoms. The molecule has 0 radical (unpaired) electrons. The molecule has 2 aromatic rings. The van der Waals surface area contributed by atoms with E-state index >= 15 is 0 Å². The summed E-state index contributed by atoms with van der Waals surface area (Å²) in [7, 11) is 0. The fraction of sp³-hybridized carbons (Fsp3) is 0.286. The first kappa shape index (κ1) is 23.3. The highest BCUT2D eigenvalue weighted by Crippen LogP contribution is 2.16. The summed E-state index contributed by atoms with van der Waals surface area (Å²) in [6.45, 7) is 6.71. The van der Waals surface area contributed by atoms with Crippen molar-refractivity contribution in [1.29, 1.82) is 0 Å². The molecule has 31 heavy (non-hydrogen) atoms. The molecule has 1 unspecified atom stereocenters. The van der Waals surface area contributed by atoms with Crippen molar-refractivity contribution < 1.29 is 24.0 Å². The topological polar surface area (TPSA) is 140 Å². The van der Waals surface area contributed by atoms with E-state index in [1.54, 1.807) is 32.9 Å². The number of carbonyl (C=O) groups is 3. The third kappa shape index (κ3) is 7.42. The maximum atomic E-state index is 12.5. The van der Waals surface area contributed by atoms with Crippen molar-refractivity contribution >= 4 is 35.0 Å². The zero-order chi connectivity index (χ0) is 23.2. The van der Waals surface area contributed by atoms with Crippen molar-refractivity contribution in [2.24, 2.45) is 0 Å². The normalized spacial score (nSPS) is 11.7. The van der Waals surface area contributed by atoms with Gasteiger partial charge in [0.05, 0.1) is 4.92 Å². The van der Waals surface area contributed by atoms with Crippen molar-refractivity contribution in [3.63, 3.8) is 0 Å². The van der Waals surface area contributed by atoms with Crippen LogP contribution in [0.3, 0.4) is 0 Å². The molecular weight excluding hydrogens is 404 g/mol. The van der Waals surface area contributed by atoms with Crippen LogP contribution >= 0.6 is 0 Å². The van der Waals surface area contributed by atoms with Gasteiger partial charge in [-0.15, -0.1) is 0 Å². The van der Waals surface area contributed by atoms with Gasteiger partial charge in [0, 0.05) is 29.1 Å². The lowest BCUT2D eigenvalue weighted by atomic mass is 10.1. The molecule has 1 atom stereocenters. The molecule has 3 amide bonds. The lowest BCUT2D eigenvalue weighted by Gasteiger charge is -2.20. The van der Waals surface area contributed by atoms with Gasteiger partial charge >= 0.3 is 6.09 Å². The van der Waals surface area contributed by atoms with E-state index in [0.717, 1.165) is 0 Å². The molecule has 0 saturated carbocycles. The first-order valence-corrected chi connectivity index (χ1v) is 9.41. The van der Waals surface area contributed by atoms with Gasteiger partial charge in [-0.1, -0.05) is 6.07 Å². The quantitative estimate of drug-likeness (QED) is 0.473. The highest BCUT2D eigenvalue weighted by atomic mass is 16.6. The van der Waals surface area contributed by atoms with Crippen LogP contribution in [0.25, 0.3) is 0 Å². The Hall–Kier alpha value is -3.95. The van der Waals surface area contributed by atoms with E-state index in [0.29, 0.717) is 11.4 Å². The molecule has 0 aliphatic heterocycles. The Balaban J connectivity index is 1.96. The van der Waals surface area contributed by atoms with Gasteiger partial charge in [-0.2, -0.15) is 0 Å². The highest BCUT2D eigenvalue weighted by Gasteiger charge is 2.19. The van der Waals surface area contributed by atoms with Crippen LogP contribution in [0.4, 0.5) is 21.9 Å². The second-order valence-corrected chi connectivity index (χ2v) is 7.70. The van der Waals surface area contributed by atoms with Crippen LogP contribution < -0.4 is 16.0 Å². The summed E-state index contributed by atoms with van der Waals surface area (Å²) < 4.78 is 5.17. The largest absolute Gasteiger partial charge is 0.444 e. The van der Waals surface area contributed by atoms with E-state index in [-0.39, 0.29) is 11.3 Å². The lowest BCUT2D eigenvalue weighted by molar-refractivity contribution is -0.384. The van der Waals surface area contributed by atoms with Crippen molar-refractivity contribution in [2.75, 3.05) is 10.6 Å². The number of nitro groups is 1. The summed E-state index contributed by atoms with van der Waals surface area (Å²) in [5.41, 5.74) is 0.207. The number of nitrogens with one attached hydrogen (secondary N) is 3. The van der Waals surface area contributed by atoms with Crippen LogP contribution in [0.15, 0.2) is 48.5 Å². The molecule has 3 N–H and O–H groups in total. The van der Waals surface area contributed by atoms with Crippen LogP contribution in [-0.4, -0.2) is 34.5 Å². The van der Waals surface area contributed by atoms with Gasteiger partial charge in [-0.3, -0.25) is 25.0 Å². The molecule has 0 heterocycles. The van der Waals surface area contributed by atoms with Gasteiger partial charge in [-0.05, 0) is 58.0 Å². The van der Waals surface area contributed by atoms with Gasteiger partial charge in [0.15, 0.2) is 0 Å². The van der Waals surface area contributed by atoms with E-state index in [1.165, 1.54) is 43.3 Å². The molecular formula is C21H24N4O6. The van der Waals surface area contributed by atoms with Crippen molar-refractivity contribution in [3.05, 3.63) is 64.2 Å². The van der Waals surface area contributed by atoms with E-state index in [2.05, 4.69) is 16.0 Å². The van der Waals surface area contributed by atoms with Gasteiger partial charge in [0.1, 0.15) is 11.6 Å². The smallest absolute Gasteiger partial charge is 0.412 e. The van der Waals surface area contributed by atoms with E-state index < -0.39 is 34.5 Å². The minimum absolute atomic E-state index is 0.0979. The predicted molar refractivity (Wildman–Crippen MR) is 115 cm³/mol. The molecule has 10 nitrogen and oxygen atoms in total. The summed E-state index contributed by atoms with van der Waals surface area (Å²) in [5, 5.41) is 18.4. The Morgan fingerprint density at radius 2 is 1.65 bits per heavy atom. The van der Waals surface area contributed by atoms with Crippen molar-refractivity contribution in [1.82, 2.24) is 5.32 Å². The van der Waals surface area contributed by atoms with Gasteiger partial charge in [0.2, 0.25) is 5.91 Å². The van der Waals surface area contributed by atoms with Crippen LogP contribution in [0.1, 0.15) is 38.1 Å². The number of benzene rings is 2. The number of carbonyl (C=O) groups excluding carboxylic acids is 3. The Morgan fingerprint density at radius 1 is 1.00 bits per heavy atom. The molecule has 0 aliphatic carbocycles. The van der Waals surface area contributed by atoms with Crippen molar-refractivity contribution in [2.45, 2.75) is 39.3 Å². The summed E-state index contributed by atoms with van der Waals surface area (Å²) in [4.78, 5) is 46.8. The summed E-state index contributed by atoms with van der Waals surface area (Å²) >= 11 is 0. The SMILES string of the molecule is CC(NC(=O)c1cccc(NC(=O)OC(C)(C)C)c1)C(=O)Nc1ccc([N+](=O)[O-])cc1. The number of rotatable bonds is 6. The molecule has 0 aliphatic rings. The molecule has 10 heteroatoms. The Kier molecular flexibility index (Phi) is 7.30. The van der Waals surface area contributed by atoms with Crippen LogP contribution in [0.2, 0.25) is 0 Å². The summed E-state index contributed by atoms with van der Waals surface area (Å²) in [5.74, 6) is -1.01. The number of hydrogen-bond donors (Lipinski definition) is 3. The Morgan fingerprint density at radius 3 is 2.23 bits per heavy atom. The van der Waals surface area contributed by atoms with Crippen LogP contribution in [0, 0.1) is 10.1 Å². The minimum Gasteiger partial charge on any atom is -0.444 e. The fourth-order valence-corrected chi connectivity index (χ4v) is 2.42. The third-order valence-corrected chi connectivity index (χ3v) is 3.86. The first-order valence-electron chi connectivity index (χ1n) is 9.41. The molecule has 2 aromatic carbocycles. The maximum absolute atomic E-state index is 12.5. The number of hydrogen-bond acceptors (Lipinski definition) is 6. The number of nitrogens with zero attached hydrogens (tertiary/aromatic N) is 1. The molecule has 0 saturated heterocycles. The number of anilines is 2. The standard InChI is InChI=1S/C21H24N4O6/c1-13(18(26)23-15-8-10-17(11-9-15)25(29)30)22-19(27)14-6-5-7-16(12-14)24-20(28)31-21(2,3)4/h5-13H,1-4H3,(H,22,27)(H,23,26)(H,24,28). The van der Waals surface area contributed by atoms with E-state index in [1.807, 2.05) is 0 Å². The molecule has 0 spiro atoms. The molecule has 0 fully saturated rings. The van der Waals surface area contributed by atoms with Gasteiger partial charge < -0.3 is 15.4 Å². The van der Waals surface area contributed by atoms with Gasteiger partial charge in [0.25, 0.3) is 11.6 Å². The second kappa shape index (κ2) is 9.70. The number of amides is 3. The fourth-order valence-electron chi connectivity index (χ4n) is 2.42. The van der Waals surface area contributed by atoms with Crippen molar-refractivity contribution in [3.8, 4) is 0 Å². The molecule has 164 valence electrons. The van der Waals surface area contributed by atoms with Crippen LogP contribution in [-0.2, 0) is 9.53 Å². The van der Waals surface area contributed by atoms with Crippen LogP contribution in [0.5, 0.6) is 0 Å². The van der Waals surface area contributed by atoms with E-state index in [4.69, 9.17) is 4.74 Å². The first-order chi connectivity index (χ1) is 14.4. The monoisotopic (exact) mass is 428 g/mol. The summed E-state index contributed by atoms with van der Waals surface area (Å²) in [6, 6.07) is 10.6. The zero-order valence-corrected chi connectivity index (χ0v) is 17.6. The number of nitro benzene ring substituents is 1. The third-order valence-electron chi connectivity index (χ3n) is 3.86. The Labute approximate surface area is 179 Å². The average Bonchev–Trinajstić information content (AvgIpc) is 2.66. The highest BCUT2D eigenvalue weighted by molar-refractivity contribution is 6.01. The van der Waals surface area contributed by atoms with E-state index in [9.17, 15) is 24.5 Å². The zero-order valence-electron chi connectivity index (χ0n) is 17.6. The number of non-ortho nitro benzene ring substituents is 1.